The molecule has 0 saturated carbocycles. The zero-order valence-electron chi connectivity index (χ0n) is 12.9. The van der Waals surface area contributed by atoms with Crippen LogP contribution in [-0.2, 0) is 21.1 Å². The minimum absolute atomic E-state index is 0.0846. The summed E-state index contributed by atoms with van der Waals surface area (Å²) in [5.41, 5.74) is 0.776. The third-order valence-corrected chi connectivity index (χ3v) is 5.57. The normalized spacial score (nSPS) is 11.5. The molecule has 0 unspecified atom stereocenters. The molecule has 0 spiro atoms. The third kappa shape index (κ3) is 4.16. The maximum absolute atomic E-state index is 13.5. The Morgan fingerprint density at radius 1 is 1.09 bits per heavy atom. The highest BCUT2D eigenvalue weighted by Gasteiger charge is 2.18. The van der Waals surface area contributed by atoms with Crippen LogP contribution < -0.4 is 5.32 Å². The van der Waals surface area contributed by atoms with Crippen molar-refractivity contribution in [3.05, 3.63) is 59.9 Å². The molecule has 23 heavy (non-hydrogen) atoms. The lowest BCUT2D eigenvalue weighted by Crippen LogP contribution is -2.16. The number of anilines is 1. The first kappa shape index (κ1) is 17.1. The molecule has 2 aromatic rings. The number of nitrogens with one attached hydrogen (secondary N) is 1. The smallest absolute Gasteiger partial charge is 0.228 e. The summed E-state index contributed by atoms with van der Waals surface area (Å²) in [6, 6.07) is 12.0. The SMILES string of the molecule is CC(C)S(=O)(=O)c1ccc(NC(=O)Cc2ccccc2F)cc1. The van der Waals surface area contributed by atoms with Crippen LogP contribution in [0.15, 0.2) is 53.4 Å². The van der Waals surface area contributed by atoms with Gasteiger partial charge in [0, 0.05) is 5.69 Å². The molecule has 6 heteroatoms. The molecule has 2 aromatic carbocycles. The molecule has 0 heterocycles. The topological polar surface area (TPSA) is 63.2 Å². The number of carbonyl (C=O) groups excluding carboxylic acids is 1. The van der Waals surface area contributed by atoms with Crippen molar-refractivity contribution in [3.63, 3.8) is 0 Å². The Morgan fingerprint density at radius 3 is 2.26 bits per heavy atom. The van der Waals surface area contributed by atoms with Gasteiger partial charge in [0.1, 0.15) is 5.82 Å². The summed E-state index contributed by atoms with van der Waals surface area (Å²) in [5.74, 6) is -0.796. The van der Waals surface area contributed by atoms with Gasteiger partial charge in [0.2, 0.25) is 5.91 Å². The van der Waals surface area contributed by atoms with Crippen LogP contribution in [0.25, 0.3) is 0 Å². The van der Waals surface area contributed by atoms with Gasteiger partial charge in [0.15, 0.2) is 9.84 Å². The highest BCUT2D eigenvalue weighted by Crippen LogP contribution is 2.19. The second kappa shape index (κ2) is 6.91. The second-order valence-corrected chi connectivity index (χ2v) is 7.94. The quantitative estimate of drug-likeness (QED) is 0.913. The summed E-state index contributed by atoms with van der Waals surface area (Å²) < 4.78 is 37.5. The van der Waals surface area contributed by atoms with Crippen molar-refractivity contribution in [2.75, 3.05) is 5.32 Å². The Morgan fingerprint density at radius 2 is 1.70 bits per heavy atom. The summed E-state index contributed by atoms with van der Waals surface area (Å²) in [7, 11) is -3.34. The average molecular weight is 335 g/mol. The molecule has 0 saturated heterocycles. The summed E-state index contributed by atoms with van der Waals surface area (Å²) in [6.07, 6.45) is -0.0846. The Labute approximate surface area is 135 Å². The number of halogens is 1. The fourth-order valence-electron chi connectivity index (χ4n) is 2.02. The third-order valence-electron chi connectivity index (χ3n) is 3.40. The number of amides is 1. The molecule has 0 atom stereocenters. The van der Waals surface area contributed by atoms with E-state index in [0.717, 1.165) is 0 Å². The van der Waals surface area contributed by atoms with Gasteiger partial charge in [-0.25, -0.2) is 12.8 Å². The Bertz CT molecular complexity index is 799. The molecule has 122 valence electrons. The fraction of sp³-hybridized carbons (Fsp3) is 0.235. The minimum Gasteiger partial charge on any atom is -0.326 e. The van der Waals surface area contributed by atoms with Crippen LogP contribution in [0.2, 0.25) is 0 Å². The van der Waals surface area contributed by atoms with Crippen LogP contribution in [0, 0.1) is 5.82 Å². The van der Waals surface area contributed by atoms with E-state index < -0.39 is 20.9 Å². The molecule has 1 N–H and O–H groups in total. The molecule has 0 aliphatic rings. The van der Waals surface area contributed by atoms with Crippen LogP contribution in [0.3, 0.4) is 0 Å². The highest BCUT2D eigenvalue weighted by molar-refractivity contribution is 7.92. The van der Waals surface area contributed by atoms with Crippen molar-refractivity contribution in [1.29, 1.82) is 0 Å². The van der Waals surface area contributed by atoms with Gasteiger partial charge in [-0.3, -0.25) is 4.79 Å². The van der Waals surface area contributed by atoms with Crippen molar-refractivity contribution in [1.82, 2.24) is 0 Å². The van der Waals surface area contributed by atoms with E-state index in [1.165, 1.54) is 30.3 Å². The van der Waals surface area contributed by atoms with E-state index in [4.69, 9.17) is 0 Å². The summed E-state index contributed by atoms with van der Waals surface area (Å²) in [6.45, 7) is 3.22. The number of sulfone groups is 1. The van der Waals surface area contributed by atoms with Crippen LogP contribution >= 0.6 is 0 Å². The maximum Gasteiger partial charge on any atom is 0.228 e. The zero-order valence-corrected chi connectivity index (χ0v) is 13.7. The summed E-state index contributed by atoms with van der Waals surface area (Å²) in [5, 5.41) is 2.11. The van der Waals surface area contributed by atoms with Crippen LogP contribution in [0.5, 0.6) is 0 Å². The van der Waals surface area contributed by atoms with Gasteiger partial charge in [0.05, 0.1) is 16.6 Å². The van der Waals surface area contributed by atoms with E-state index in [2.05, 4.69) is 5.32 Å². The molecule has 4 nitrogen and oxygen atoms in total. The molecule has 0 bridgehead atoms. The van der Waals surface area contributed by atoms with Gasteiger partial charge in [-0.2, -0.15) is 0 Å². The van der Waals surface area contributed by atoms with Crippen molar-refractivity contribution in [2.24, 2.45) is 0 Å². The summed E-state index contributed by atoms with van der Waals surface area (Å²) in [4.78, 5) is 12.1. The maximum atomic E-state index is 13.5. The fourth-order valence-corrected chi connectivity index (χ4v) is 3.08. The van der Waals surface area contributed by atoms with Gasteiger partial charge in [0.25, 0.3) is 0 Å². The Kier molecular flexibility index (Phi) is 5.15. The lowest BCUT2D eigenvalue weighted by atomic mass is 10.1. The van der Waals surface area contributed by atoms with Gasteiger partial charge in [-0.1, -0.05) is 18.2 Å². The first-order valence-electron chi connectivity index (χ1n) is 7.18. The molecule has 1 amide bonds. The van der Waals surface area contributed by atoms with E-state index >= 15 is 0 Å². The minimum atomic E-state index is -3.34. The van der Waals surface area contributed by atoms with E-state index in [1.54, 1.807) is 32.0 Å². The standard InChI is InChI=1S/C17H18FNO3S/c1-12(2)23(21,22)15-9-7-14(8-10-15)19-17(20)11-13-5-3-4-6-16(13)18/h3-10,12H,11H2,1-2H3,(H,19,20). The Hall–Kier alpha value is -2.21. The van der Waals surface area contributed by atoms with Gasteiger partial charge >= 0.3 is 0 Å². The number of benzene rings is 2. The lowest BCUT2D eigenvalue weighted by Gasteiger charge is -2.09. The zero-order chi connectivity index (χ0) is 17.0. The molecule has 0 aromatic heterocycles. The van der Waals surface area contributed by atoms with Crippen molar-refractivity contribution in [3.8, 4) is 0 Å². The van der Waals surface area contributed by atoms with Crippen molar-refractivity contribution in [2.45, 2.75) is 30.4 Å². The first-order chi connectivity index (χ1) is 10.8. The summed E-state index contributed by atoms with van der Waals surface area (Å²) >= 11 is 0. The predicted molar refractivity (Wildman–Crippen MR) is 87.5 cm³/mol. The lowest BCUT2D eigenvalue weighted by molar-refractivity contribution is -0.115. The van der Waals surface area contributed by atoms with Gasteiger partial charge < -0.3 is 5.32 Å². The van der Waals surface area contributed by atoms with E-state index in [0.29, 0.717) is 11.3 Å². The monoisotopic (exact) mass is 335 g/mol. The first-order valence-corrected chi connectivity index (χ1v) is 8.72. The highest BCUT2D eigenvalue weighted by atomic mass is 32.2. The molecular formula is C17H18FNO3S. The molecule has 2 rings (SSSR count). The van der Waals surface area contributed by atoms with Crippen molar-refractivity contribution < 1.29 is 17.6 Å². The van der Waals surface area contributed by atoms with Crippen LogP contribution in [0.4, 0.5) is 10.1 Å². The predicted octanol–water partition coefficient (Wildman–Crippen LogP) is 3.19. The number of hydrogen-bond acceptors (Lipinski definition) is 3. The largest absolute Gasteiger partial charge is 0.326 e. The van der Waals surface area contributed by atoms with E-state index in [9.17, 15) is 17.6 Å². The van der Waals surface area contributed by atoms with Gasteiger partial charge in [-0.05, 0) is 49.7 Å². The second-order valence-electron chi connectivity index (χ2n) is 5.43. The number of carbonyl (C=O) groups is 1. The molecule has 0 aliphatic heterocycles. The molecule has 0 aliphatic carbocycles. The van der Waals surface area contributed by atoms with E-state index in [-0.39, 0.29) is 17.2 Å². The van der Waals surface area contributed by atoms with Crippen molar-refractivity contribution >= 4 is 21.4 Å². The van der Waals surface area contributed by atoms with E-state index in [1.807, 2.05) is 0 Å². The van der Waals surface area contributed by atoms with Gasteiger partial charge in [-0.15, -0.1) is 0 Å². The average Bonchev–Trinajstić information content (AvgIpc) is 2.50. The number of rotatable bonds is 5. The van der Waals surface area contributed by atoms with Crippen LogP contribution in [-0.4, -0.2) is 19.6 Å². The molecule has 0 fully saturated rings. The molecular weight excluding hydrogens is 317 g/mol. The Balaban J connectivity index is 2.07. The number of hydrogen-bond donors (Lipinski definition) is 1. The molecule has 0 radical (unpaired) electrons. The van der Waals surface area contributed by atoms with Crippen LogP contribution in [0.1, 0.15) is 19.4 Å².